The Kier molecular flexibility index (Phi) is 9.69. The summed E-state index contributed by atoms with van der Waals surface area (Å²) in [5.74, 6) is -0.732. The zero-order valence-electron chi connectivity index (χ0n) is 21.3. The summed E-state index contributed by atoms with van der Waals surface area (Å²) in [6.07, 6.45) is 3.09. The number of benzene rings is 2. The van der Waals surface area contributed by atoms with E-state index in [-0.39, 0.29) is 28.5 Å². The van der Waals surface area contributed by atoms with E-state index < -0.39 is 17.4 Å². The highest BCUT2D eigenvalue weighted by molar-refractivity contribution is 7.27. The van der Waals surface area contributed by atoms with Gasteiger partial charge < -0.3 is 20.6 Å². The lowest BCUT2D eigenvalue weighted by Gasteiger charge is -2.24. The average Bonchev–Trinajstić information content (AvgIpc) is 2.87. The number of para-hydroxylation sites is 1. The van der Waals surface area contributed by atoms with Crippen molar-refractivity contribution in [2.24, 2.45) is 0 Å². The van der Waals surface area contributed by atoms with Gasteiger partial charge in [0.1, 0.15) is 5.82 Å². The highest BCUT2D eigenvalue weighted by atomic mass is 35.5. The molecule has 10 heteroatoms. The first-order valence-electron chi connectivity index (χ1n) is 11.6. The molecule has 1 unspecified atom stereocenters. The largest absolute Gasteiger partial charge is 0.389 e. The van der Waals surface area contributed by atoms with Crippen molar-refractivity contribution in [3.63, 3.8) is 0 Å². The highest BCUT2D eigenvalue weighted by Crippen LogP contribution is 2.32. The molecule has 0 aliphatic heterocycles. The molecule has 7 nitrogen and oxygen atoms in total. The van der Waals surface area contributed by atoms with Gasteiger partial charge in [0, 0.05) is 36.6 Å². The van der Waals surface area contributed by atoms with Crippen LogP contribution in [-0.4, -0.2) is 41.1 Å². The fourth-order valence-corrected chi connectivity index (χ4v) is 4.28. The van der Waals surface area contributed by atoms with Crippen LogP contribution in [0, 0.1) is 0 Å². The van der Waals surface area contributed by atoms with Gasteiger partial charge in [0.05, 0.1) is 26.9 Å². The summed E-state index contributed by atoms with van der Waals surface area (Å²) < 4.78 is 0. The van der Waals surface area contributed by atoms with Crippen LogP contribution in [-0.2, 0) is 4.79 Å². The van der Waals surface area contributed by atoms with Gasteiger partial charge in [0.15, 0.2) is 0 Å². The number of rotatable bonds is 9. The number of nitrogens with one attached hydrogen (secondary N) is 2. The lowest BCUT2D eigenvalue weighted by molar-refractivity contribution is -0.118. The Morgan fingerprint density at radius 3 is 2.45 bits per heavy atom. The Morgan fingerprint density at radius 1 is 1.13 bits per heavy atom. The molecular formula is C28H29Cl2N4O3P. The number of carbonyl (C=O) groups excluding carboxylic acids is 2. The van der Waals surface area contributed by atoms with Crippen molar-refractivity contribution >= 4 is 55.2 Å². The van der Waals surface area contributed by atoms with E-state index in [2.05, 4.69) is 31.4 Å². The summed E-state index contributed by atoms with van der Waals surface area (Å²) in [5, 5.41) is 16.7. The summed E-state index contributed by atoms with van der Waals surface area (Å²) in [4.78, 5) is 32.2. The van der Waals surface area contributed by atoms with Crippen molar-refractivity contribution in [3.8, 4) is 11.3 Å². The van der Waals surface area contributed by atoms with Crippen molar-refractivity contribution in [2.75, 3.05) is 18.5 Å². The second-order valence-electron chi connectivity index (χ2n) is 9.15. The van der Waals surface area contributed by atoms with Gasteiger partial charge in [-0.15, -0.1) is 9.24 Å². The second kappa shape index (κ2) is 12.5. The molecule has 0 saturated heterocycles. The molecule has 1 heterocycles. The number of nitrogens with zero attached hydrogens (tertiary/aromatic N) is 2. The highest BCUT2D eigenvalue weighted by Gasteiger charge is 2.21. The molecule has 0 saturated carbocycles. The fourth-order valence-electron chi connectivity index (χ4n) is 3.38. The van der Waals surface area contributed by atoms with Crippen LogP contribution in [0.3, 0.4) is 0 Å². The van der Waals surface area contributed by atoms with E-state index in [1.807, 2.05) is 36.4 Å². The molecule has 2 amide bonds. The molecule has 0 bridgehead atoms. The standard InChI is InChI=1S/C28H29Cl2N4O3P/c1-17(26(35)32-16-28(2,3)37)13-24(34(4)18-9-6-5-7-10-18)33-27(36)20-14-19(21(29)15-22(20)30)25-23(38)11-8-12-31-25/h5-15,37H,1,16,38H2,2-4H3,(H,32,35)(H,33,36)/b24-13-. The van der Waals surface area contributed by atoms with Crippen molar-refractivity contribution in [1.82, 2.24) is 15.6 Å². The van der Waals surface area contributed by atoms with Crippen LogP contribution in [0.15, 0.2) is 84.8 Å². The van der Waals surface area contributed by atoms with E-state index in [0.717, 1.165) is 11.0 Å². The van der Waals surface area contributed by atoms with Gasteiger partial charge in [-0.1, -0.05) is 54.0 Å². The number of carbonyl (C=O) groups is 2. The summed E-state index contributed by atoms with van der Waals surface area (Å²) >= 11 is 12.9. The third-order valence-electron chi connectivity index (χ3n) is 5.43. The summed E-state index contributed by atoms with van der Waals surface area (Å²) in [7, 11) is 4.34. The third-order valence-corrected chi connectivity index (χ3v) is 6.52. The first-order chi connectivity index (χ1) is 17.9. The van der Waals surface area contributed by atoms with Gasteiger partial charge in [0.25, 0.3) is 11.8 Å². The molecule has 38 heavy (non-hydrogen) atoms. The van der Waals surface area contributed by atoms with Crippen molar-refractivity contribution < 1.29 is 14.7 Å². The van der Waals surface area contributed by atoms with Crippen LogP contribution < -0.4 is 20.8 Å². The molecule has 198 valence electrons. The fraction of sp³-hybridized carbons (Fsp3) is 0.179. The molecule has 0 radical (unpaired) electrons. The second-order valence-corrected chi connectivity index (χ2v) is 10.6. The molecule has 0 aliphatic carbocycles. The molecular weight excluding hydrogens is 542 g/mol. The molecule has 3 aromatic rings. The van der Waals surface area contributed by atoms with Gasteiger partial charge in [-0.05, 0) is 55.6 Å². The molecule has 0 spiro atoms. The van der Waals surface area contributed by atoms with E-state index >= 15 is 0 Å². The molecule has 3 N–H and O–H groups in total. The van der Waals surface area contributed by atoms with Gasteiger partial charge in [-0.3, -0.25) is 14.6 Å². The Labute approximate surface area is 234 Å². The summed E-state index contributed by atoms with van der Waals surface area (Å²) in [6.45, 7) is 7.03. The smallest absolute Gasteiger partial charge is 0.258 e. The van der Waals surface area contributed by atoms with Crippen LogP contribution in [0.1, 0.15) is 24.2 Å². The van der Waals surface area contributed by atoms with E-state index in [0.29, 0.717) is 16.3 Å². The molecule has 1 atom stereocenters. The van der Waals surface area contributed by atoms with Gasteiger partial charge in [-0.2, -0.15) is 0 Å². The maximum atomic E-state index is 13.5. The van der Waals surface area contributed by atoms with Gasteiger partial charge >= 0.3 is 0 Å². The number of hydrogen-bond acceptors (Lipinski definition) is 5. The van der Waals surface area contributed by atoms with Crippen LogP contribution in [0.5, 0.6) is 0 Å². The minimum Gasteiger partial charge on any atom is -0.389 e. The van der Waals surface area contributed by atoms with Crippen LogP contribution in [0.25, 0.3) is 11.3 Å². The molecule has 2 aromatic carbocycles. The minimum absolute atomic E-state index is 0.0310. The average molecular weight is 571 g/mol. The Balaban J connectivity index is 1.97. The van der Waals surface area contributed by atoms with E-state index in [4.69, 9.17) is 23.2 Å². The molecule has 0 aliphatic rings. The first-order valence-corrected chi connectivity index (χ1v) is 12.9. The molecule has 0 fully saturated rings. The SMILES string of the molecule is C=C(/C=C(/NC(=O)c1cc(-c2ncccc2P)c(Cl)cc1Cl)N(C)c1ccccc1)C(=O)NCC(C)(C)O. The Morgan fingerprint density at radius 2 is 1.82 bits per heavy atom. The molecule has 3 rings (SSSR count). The quantitative estimate of drug-likeness (QED) is 0.197. The number of aliphatic hydroxyl groups is 1. The molecule has 1 aromatic heterocycles. The minimum atomic E-state index is -1.09. The Bertz CT molecular complexity index is 1390. The third kappa shape index (κ3) is 7.65. The first kappa shape index (κ1) is 29.3. The van der Waals surface area contributed by atoms with E-state index in [1.54, 1.807) is 44.1 Å². The zero-order valence-corrected chi connectivity index (χ0v) is 23.9. The van der Waals surface area contributed by atoms with Gasteiger partial charge in [0.2, 0.25) is 0 Å². The lowest BCUT2D eigenvalue weighted by Crippen LogP contribution is -2.39. The number of hydrogen-bond donors (Lipinski definition) is 3. The zero-order chi connectivity index (χ0) is 28.0. The normalized spacial score (nSPS) is 11.6. The number of aromatic nitrogens is 1. The van der Waals surface area contributed by atoms with Gasteiger partial charge in [-0.25, -0.2) is 0 Å². The predicted molar refractivity (Wildman–Crippen MR) is 158 cm³/mol. The maximum Gasteiger partial charge on any atom is 0.258 e. The maximum absolute atomic E-state index is 13.5. The topological polar surface area (TPSA) is 94.6 Å². The van der Waals surface area contributed by atoms with Crippen molar-refractivity contribution in [3.05, 3.63) is 100 Å². The number of pyridine rings is 1. The Hall–Kier alpha value is -3.22. The summed E-state index contributed by atoms with van der Waals surface area (Å²) in [5.41, 5.74) is 1.06. The number of amides is 2. The number of halogens is 2. The number of anilines is 1. The van der Waals surface area contributed by atoms with Crippen LogP contribution in [0.4, 0.5) is 5.69 Å². The van der Waals surface area contributed by atoms with E-state index in [1.165, 1.54) is 12.1 Å². The summed E-state index contributed by atoms with van der Waals surface area (Å²) in [6, 6.07) is 16.0. The van der Waals surface area contributed by atoms with E-state index in [9.17, 15) is 14.7 Å². The predicted octanol–water partition coefficient (Wildman–Crippen LogP) is 4.71. The van der Waals surface area contributed by atoms with Crippen LogP contribution >= 0.6 is 32.4 Å². The lowest BCUT2D eigenvalue weighted by atomic mass is 10.1. The monoisotopic (exact) mass is 570 g/mol. The van der Waals surface area contributed by atoms with Crippen molar-refractivity contribution in [1.29, 1.82) is 0 Å². The van der Waals surface area contributed by atoms with Crippen LogP contribution in [0.2, 0.25) is 10.0 Å². The van der Waals surface area contributed by atoms with Crippen molar-refractivity contribution in [2.45, 2.75) is 19.4 Å².